The fourth-order valence-electron chi connectivity index (χ4n) is 3.09. The third-order valence-electron chi connectivity index (χ3n) is 4.95. The molecule has 0 saturated carbocycles. The van der Waals surface area contributed by atoms with E-state index >= 15 is 0 Å². The van der Waals surface area contributed by atoms with Crippen molar-refractivity contribution in [1.29, 1.82) is 0 Å². The third kappa shape index (κ3) is 4.68. The number of hydrogen-bond acceptors (Lipinski definition) is 4. The lowest BCUT2D eigenvalue weighted by Gasteiger charge is -2.16. The number of carbonyl (C=O) groups excluding carboxylic acids is 1. The molecule has 7 heteroatoms. The second kappa shape index (κ2) is 8.61. The molecule has 4 rings (SSSR count). The molecule has 0 bridgehead atoms. The Bertz CT molecular complexity index is 1240. The largest absolute Gasteiger partial charge is 0.479 e. The number of ether oxygens (including phenoxy) is 1. The van der Waals surface area contributed by atoms with Crippen molar-refractivity contribution in [3.05, 3.63) is 75.8 Å². The maximum absolute atomic E-state index is 12.6. The highest BCUT2D eigenvalue weighted by Crippen LogP contribution is 2.30. The summed E-state index contributed by atoms with van der Waals surface area (Å²) in [6.07, 6.45) is -0.766. The lowest BCUT2D eigenvalue weighted by molar-refractivity contribution is -0.122. The Balaban J connectivity index is 1.51. The van der Waals surface area contributed by atoms with Crippen LogP contribution in [0.5, 0.6) is 5.75 Å². The standard InChI is InChI=1S/C24H20Cl2N2O3/c1-13-9-20-22(10-14(13)2)31-24(28-20)16-5-4-6-18(11-16)27-23(29)15(3)30-21-8-7-17(25)12-19(21)26/h4-12,15H,1-3H3,(H,27,29). The average Bonchev–Trinajstić information content (AvgIpc) is 3.13. The van der Waals surface area contributed by atoms with E-state index < -0.39 is 6.10 Å². The molecule has 1 heterocycles. The quantitative estimate of drug-likeness (QED) is 0.359. The Hall–Kier alpha value is -3.02. The summed E-state index contributed by atoms with van der Waals surface area (Å²) in [7, 11) is 0. The summed E-state index contributed by atoms with van der Waals surface area (Å²) in [6.45, 7) is 5.73. The lowest BCUT2D eigenvalue weighted by atomic mass is 10.1. The molecule has 1 atom stereocenters. The highest BCUT2D eigenvalue weighted by atomic mass is 35.5. The third-order valence-corrected chi connectivity index (χ3v) is 5.48. The summed E-state index contributed by atoms with van der Waals surface area (Å²) < 4.78 is 11.6. The van der Waals surface area contributed by atoms with Gasteiger partial charge in [0.25, 0.3) is 5.91 Å². The van der Waals surface area contributed by atoms with Crippen LogP contribution < -0.4 is 10.1 Å². The van der Waals surface area contributed by atoms with Crippen molar-refractivity contribution in [2.45, 2.75) is 26.9 Å². The monoisotopic (exact) mass is 454 g/mol. The zero-order valence-corrected chi connectivity index (χ0v) is 18.7. The molecule has 31 heavy (non-hydrogen) atoms. The molecule has 5 nitrogen and oxygen atoms in total. The Morgan fingerprint density at radius 3 is 2.61 bits per heavy atom. The highest BCUT2D eigenvalue weighted by molar-refractivity contribution is 6.35. The fraction of sp³-hybridized carbons (Fsp3) is 0.167. The van der Waals surface area contributed by atoms with Crippen LogP contribution in [0.3, 0.4) is 0 Å². The number of nitrogens with one attached hydrogen (secondary N) is 1. The van der Waals surface area contributed by atoms with Gasteiger partial charge in [0.05, 0.1) is 5.02 Å². The lowest BCUT2D eigenvalue weighted by Crippen LogP contribution is -2.30. The van der Waals surface area contributed by atoms with Crippen molar-refractivity contribution in [3.63, 3.8) is 0 Å². The van der Waals surface area contributed by atoms with Crippen LogP contribution >= 0.6 is 23.2 Å². The van der Waals surface area contributed by atoms with Gasteiger partial charge in [-0.1, -0.05) is 29.3 Å². The first kappa shape index (κ1) is 21.2. The number of oxazole rings is 1. The molecule has 1 aromatic heterocycles. The van der Waals surface area contributed by atoms with E-state index in [0.717, 1.165) is 27.8 Å². The molecule has 0 spiro atoms. The minimum Gasteiger partial charge on any atom is -0.479 e. The van der Waals surface area contributed by atoms with Crippen molar-refractivity contribution >= 4 is 45.9 Å². The summed E-state index contributed by atoms with van der Waals surface area (Å²) >= 11 is 12.0. The molecule has 158 valence electrons. The normalized spacial score (nSPS) is 12.0. The SMILES string of the molecule is Cc1cc2nc(-c3cccc(NC(=O)C(C)Oc4ccc(Cl)cc4Cl)c3)oc2cc1C. The smallest absolute Gasteiger partial charge is 0.265 e. The number of amides is 1. The van der Waals surface area contributed by atoms with Gasteiger partial charge < -0.3 is 14.5 Å². The molecule has 3 aromatic carbocycles. The van der Waals surface area contributed by atoms with Crippen LogP contribution in [0.1, 0.15) is 18.1 Å². The van der Waals surface area contributed by atoms with E-state index in [1.165, 1.54) is 0 Å². The van der Waals surface area contributed by atoms with Crippen molar-refractivity contribution in [1.82, 2.24) is 4.98 Å². The van der Waals surface area contributed by atoms with Gasteiger partial charge in [-0.3, -0.25) is 4.79 Å². The molecule has 1 N–H and O–H groups in total. The number of aryl methyl sites for hydroxylation is 2. The average molecular weight is 455 g/mol. The van der Waals surface area contributed by atoms with Crippen molar-refractivity contribution in [2.24, 2.45) is 0 Å². The topological polar surface area (TPSA) is 64.4 Å². The summed E-state index contributed by atoms with van der Waals surface area (Å²) in [6, 6.07) is 16.1. The molecule has 4 aromatic rings. The van der Waals surface area contributed by atoms with Gasteiger partial charge in [-0.25, -0.2) is 4.98 Å². The molecule has 1 unspecified atom stereocenters. The molecular weight excluding hydrogens is 435 g/mol. The minimum absolute atomic E-state index is 0.313. The van der Waals surface area contributed by atoms with Gasteiger partial charge in [-0.15, -0.1) is 0 Å². The van der Waals surface area contributed by atoms with Gasteiger partial charge in [0, 0.05) is 16.3 Å². The van der Waals surface area contributed by atoms with Crippen molar-refractivity contribution in [3.8, 4) is 17.2 Å². The first-order valence-corrected chi connectivity index (χ1v) is 10.5. The second-order valence-corrected chi connectivity index (χ2v) is 8.17. The van der Waals surface area contributed by atoms with E-state index in [9.17, 15) is 4.79 Å². The van der Waals surface area contributed by atoms with Gasteiger partial charge in [-0.05, 0) is 80.4 Å². The van der Waals surface area contributed by atoms with E-state index in [4.69, 9.17) is 32.4 Å². The number of carbonyl (C=O) groups is 1. The van der Waals surface area contributed by atoms with E-state index in [1.54, 1.807) is 31.2 Å². The highest BCUT2D eigenvalue weighted by Gasteiger charge is 2.17. The molecule has 0 radical (unpaired) electrons. The molecular formula is C24H20Cl2N2O3. The van der Waals surface area contributed by atoms with Crippen molar-refractivity contribution < 1.29 is 13.9 Å². The fourth-order valence-corrected chi connectivity index (χ4v) is 3.55. The number of benzene rings is 3. The van der Waals surface area contributed by atoms with Crippen LogP contribution in [0.4, 0.5) is 5.69 Å². The summed E-state index contributed by atoms with van der Waals surface area (Å²) in [4.78, 5) is 17.2. The molecule has 0 aliphatic carbocycles. The number of aromatic nitrogens is 1. The Morgan fingerprint density at radius 1 is 1.06 bits per heavy atom. The Morgan fingerprint density at radius 2 is 1.84 bits per heavy atom. The van der Waals surface area contributed by atoms with Gasteiger partial charge in [-0.2, -0.15) is 0 Å². The molecule has 0 saturated heterocycles. The molecule has 0 aliphatic heterocycles. The van der Waals surface area contributed by atoms with Crippen LogP contribution in [-0.4, -0.2) is 17.0 Å². The minimum atomic E-state index is -0.766. The first-order valence-electron chi connectivity index (χ1n) is 9.71. The molecule has 1 amide bonds. The number of anilines is 1. The summed E-state index contributed by atoms with van der Waals surface area (Å²) in [5.41, 5.74) is 5.20. The van der Waals surface area contributed by atoms with Crippen LogP contribution in [0.25, 0.3) is 22.6 Å². The number of hydrogen-bond donors (Lipinski definition) is 1. The number of fused-ring (bicyclic) bond motifs is 1. The van der Waals surface area contributed by atoms with Gasteiger partial charge >= 0.3 is 0 Å². The van der Waals surface area contributed by atoms with Gasteiger partial charge in [0.1, 0.15) is 11.3 Å². The molecule has 0 fully saturated rings. The zero-order valence-electron chi connectivity index (χ0n) is 17.2. The van der Waals surface area contributed by atoms with Crippen LogP contribution in [0.15, 0.2) is 59.0 Å². The first-order chi connectivity index (χ1) is 14.8. The summed E-state index contributed by atoms with van der Waals surface area (Å²) in [5, 5.41) is 3.69. The van der Waals surface area contributed by atoms with Gasteiger partial charge in [0.15, 0.2) is 11.7 Å². The van der Waals surface area contributed by atoms with E-state index in [1.807, 2.05) is 44.2 Å². The molecule has 0 aliphatic rings. The van der Waals surface area contributed by atoms with E-state index in [-0.39, 0.29) is 5.91 Å². The zero-order chi connectivity index (χ0) is 22.1. The number of rotatable bonds is 5. The predicted molar refractivity (Wildman–Crippen MR) is 124 cm³/mol. The predicted octanol–water partition coefficient (Wildman–Crippen LogP) is 6.82. The second-order valence-electron chi connectivity index (χ2n) is 7.33. The van der Waals surface area contributed by atoms with Crippen LogP contribution in [0.2, 0.25) is 10.0 Å². The van der Waals surface area contributed by atoms with Crippen LogP contribution in [0, 0.1) is 13.8 Å². The van der Waals surface area contributed by atoms with Crippen molar-refractivity contribution in [2.75, 3.05) is 5.32 Å². The van der Waals surface area contributed by atoms with Crippen LogP contribution in [-0.2, 0) is 4.79 Å². The summed E-state index contributed by atoms with van der Waals surface area (Å²) in [5.74, 6) is 0.569. The maximum atomic E-state index is 12.6. The van der Waals surface area contributed by atoms with E-state index in [0.29, 0.717) is 27.4 Å². The Kier molecular flexibility index (Phi) is 5.90. The Labute approximate surface area is 189 Å². The number of nitrogens with zero attached hydrogens (tertiary/aromatic N) is 1. The van der Waals surface area contributed by atoms with Gasteiger partial charge in [0.2, 0.25) is 5.89 Å². The maximum Gasteiger partial charge on any atom is 0.265 e. The number of halogens is 2. The van der Waals surface area contributed by atoms with E-state index in [2.05, 4.69) is 10.3 Å².